The third-order valence-corrected chi connectivity index (χ3v) is 3.66. The standard InChI is InChI=1S/C15H14N2O3S/c1-9-3-4-12(21-2)6-13(9)14(18)17-11-5-10(15(19)20)7-16-8-11/h3-8H,1-2H3,(H,17,18)(H,19,20). The predicted octanol–water partition coefficient (Wildman–Crippen LogP) is 3.06. The zero-order chi connectivity index (χ0) is 15.4. The molecular weight excluding hydrogens is 288 g/mol. The van der Waals surface area contributed by atoms with E-state index in [0.717, 1.165) is 10.5 Å². The first-order valence-electron chi connectivity index (χ1n) is 6.15. The molecule has 0 bridgehead atoms. The van der Waals surface area contributed by atoms with E-state index in [1.54, 1.807) is 11.8 Å². The van der Waals surface area contributed by atoms with Gasteiger partial charge in [0.1, 0.15) is 0 Å². The SMILES string of the molecule is CSc1ccc(C)c(C(=O)Nc2cncc(C(=O)O)c2)c1. The van der Waals surface area contributed by atoms with E-state index < -0.39 is 5.97 Å². The highest BCUT2D eigenvalue weighted by Crippen LogP contribution is 2.20. The van der Waals surface area contributed by atoms with Crippen molar-refractivity contribution in [1.29, 1.82) is 0 Å². The van der Waals surface area contributed by atoms with Crippen molar-refractivity contribution < 1.29 is 14.7 Å². The number of carboxylic acid groups (broad SMARTS) is 1. The van der Waals surface area contributed by atoms with Crippen molar-refractivity contribution in [3.8, 4) is 0 Å². The monoisotopic (exact) mass is 302 g/mol. The molecule has 1 amide bonds. The van der Waals surface area contributed by atoms with Gasteiger partial charge in [-0.1, -0.05) is 6.07 Å². The molecule has 1 aromatic heterocycles. The van der Waals surface area contributed by atoms with Crippen molar-refractivity contribution in [2.75, 3.05) is 11.6 Å². The Bertz CT molecular complexity index is 701. The number of amides is 1. The molecule has 0 aliphatic rings. The van der Waals surface area contributed by atoms with Crippen molar-refractivity contribution in [3.63, 3.8) is 0 Å². The normalized spacial score (nSPS) is 10.2. The molecule has 0 radical (unpaired) electrons. The van der Waals surface area contributed by atoms with Crippen molar-refractivity contribution in [2.24, 2.45) is 0 Å². The van der Waals surface area contributed by atoms with Gasteiger partial charge in [-0.05, 0) is 36.9 Å². The van der Waals surface area contributed by atoms with Crippen LogP contribution in [-0.4, -0.2) is 28.2 Å². The maximum atomic E-state index is 12.3. The Balaban J connectivity index is 2.25. The molecular formula is C15H14N2O3S. The van der Waals surface area contributed by atoms with E-state index >= 15 is 0 Å². The highest BCUT2D eigenvalue weighted by atomic mass is 32.2. The van der Waals surface area contributed by atoms with Crippen molar-refractivity contribution in [1.82, 2.24) is 4.98 Å². The molecule has 0 atom stereocenters. The molecule has 5 nitrogen and oxygen atoms in total. The second kappa shape index (κ2) is 6.41. The van der Waals surface area contributed by atoms with Crippen molar-refractivity contribution in [3.05, 3.63) is 53.3 Å². The van der Waals surface area contributed by atoms with Crippen LogP contribution in [0.4, 0.5) is 5.69 Å². The number of thioether (sulfide) groups is 1. The average Bonchev–Trinajstić information content (AvgIpc) is 2.48. The van der Waals surface area contributed by atoms with E-state index in [1.165, 1.54) is 18.5 Å². The molecule has 1 aromatic carbocycles. The summed E-state index contributed by atoms with van der Waals surface area (Å²) in [7, 11) is 0. The maximum absolute atomic E-state index is 12.3. The van der Waals surface area contributed by atoms with Crippen LogP contribution in [0.3, 0.4) is 0 Å². The summed E-state index contributed by atoms with van der Waals surface area (Å²) in [5, 5.41) is 11.6. The third-order valence-electron chi connectivity index (χ3n) is 2.93. The maximum Gasteiger partial charge on any atom is 0.337 e. The van der Waals surface area contributed by atoms with Gasteiger partial charge in [-0.3, -0.25) is 9.78 Å². The van der Waals surface area contributed by atoms with Gasteiger partial charge in [0.15, 0.2) is 0 Å². The lowest BCUT2D eigenvalue weighted by molar-refractivity contribution is 0.0696. The lowest BCUT2D eigenvalue weighted by atomic mass is 10.1. The summed E-state index contributed by atoms with van der Waals surface area (Å²) in [6.07, 6.45) is 4.59. The van der Waals surface area contributed by atoms with Gasteiger partial charge < -0.3 is 10.4 Å². The lowest BCUT2D eigenvalue weighted by Crippen LogP contribution is -2.14. The lowest BCUT2D eigenvalue weighted by Gasteiger charge is -2.09. The molecule has 1 heterocycles. The molecule has 0 saturated carbocycles. The summed E-state index contributed by atoms with van der Waals surface area (Å²) >= 11 is 1.55. The number of hydrogen-bond donors (Lipinski definition) is 2. The molecule has 2 aromatic rings. The van der Waals surface area contributed by atoms with Gasteiger partial charge in [0.2, 0.25) is 0 Å². The number of benzene rings is 1. The average molecular weight is 302 g/mol. The second-order valence-corrected chi connectivity index (χ2v) is 5.28. The smallest absolute Gasteiger partial charge is 0.337 e. The van der Waals surface area contributed by atoms with Crippen LogP contribution < -0.4 is 5.32 Å². The van der Waals surface area contributed by atoms with E-state index in [2.05, 4.69) is 10.3 Å². The van der Waals surface area contributed by atoms with Crippen LogP contribution in [0, 0.1) is 6.92 Å². The molecule has 21 heavy (non-hydrogen) atoms. The van der Waals surface area contributed by atoms with E-state index in [0.29, 0.717) is 11.3 Å². The number of carbonyl (C=O) groups is 2. The predicted molar refractivity (Wildman–Crippen MR) is 82.1 cm³/mol. The van der Waals surface area contributed by atoms with Crippen LogP contribution in [0.2, 0.25) is 0 Å². The summed E-state index contributed by atoms with van der Waals surface area (Å²) in [5.41, 5.74) is 1.80. The number of anilines is 1. The fourth-order valence-electron chi connectivity index (χ4n) is 1.80. The number of aromatic nitrogens is 1. The van der Waals surface area contributed by atoms with Gasteiger partial charge in [0.05, 0.1) is 17.4 Å². The Morgan fingerprint density at radius 1 is 1.24 bits per heavy atom. The zero-order valence-corrected chi connectivity index (χ0v) is 12.4. The molecule has 0 saturated heterocycles. The first-order valence-corrected chi connectivity index (χ1v) is 7.38. The molecule has 2 N–H and O–H groups in total. The number of hydrogen-bond acceptors (Lipinski definition) is 4. The van der Waals surface area contributed by atoms with E-state index in [9.17, 15) is 9.59 Å². The van der Waals surface area contributed by atoms with Crippen LogP contribution in [0.15, 0.2) is 41.6 Å². The molecule has 0 aliphatic carbocycles. The Kier molecular flexibility index (Phi) is 4.59. The van der Waals surface area contributed by atoms with E-state index in [4.69, 9.17) is 5.11 Å². The number of nitrogens with one attached hydrogen (secondary N) is 1. The highest BCUT2D eigenvalue weighted by Gasteiger charge is 2.12. The van der Waals surface area contributed by atoms with Gasteiger partial charge in [0, 0.05) is 16.7 Å². The van der Waals surface area contributed by atoms with Crippen LogP contribution >= 0.6 is 11.8 Å². The molecule has 6 heteroatoms. The molecule has 108 valence electrons. The summed E-state index contributed by atoms with van der Waals surface area (Å²) in [4.78, 5) is 28.0. The number of pyridine rings is 1. The fourth-order valence-corrected chi connectivity index (χ4v) is 2.24. The first-order chi connectivity index (χ1) is 10.0. The first kappa shape index (κ1) is 15.1. The molecule has 0 unspecified atom stereocenters. The van der Waals surface area contributed by atoms with E-state index in [-0.39, 0.29) is 11.5 Å². The van der Waals surface area contributed by atoms with Gasteiger partial charge in [-0.15, -0.1) is 11.8 Å². The molecule has 0 aliphatic heterocycles. The summed E-state index contributed by atoms with van der Waals surface area (Å²) < 4.78 is 0. The number of aromatic carboxylic acids is 1. The van der Waals surface area contributed by atoms with Gasteiger partial charge in [-0.25, -0.2) is 4.79 Å². The van der Waals surface area contributed by atoms with Crippen molar-refractivity contribution in [2.45, 2.75) is 11.8 Å². The zero-order valence-electron chi connectivity index (χ0n) is 11.6. The van der Waals surface area contributed by atoms with E-state index in [1.807, 2.05) is 31.4 Å². The minimum Gasteiger partial charge on any atom is -0.478 e. The summed E-state index contributed by atoms with van der Waals surface area (Å²) in [6, 6.07) is 7.01. The minimum absolute atomic E-state index is 0.0300. The summed E-state index contributed by atoms with van der Waals surface area (Å²) in [5.74, 6) is -1.37. The largest absolute Gasteiger partial charge is 0.478 e. The number of aryl methyl sites for hydroxylation is 1. The number of nitrogens with zero attached hydrogens (tertiary/aromatic N) is 1. The van der Waals surface area contributed by atoms with Crippen molar-refractivity contribution >= 4 is 29.3 Å². The Morgan fingerprint density at radius 3 is 2.67 bits per heavy atom. The quantitative estimate of drug-likeness (QED) is 0.849. The topological polar surface area (TPSA) is 79.3 Å². The Labute approximate surface area is 126 Å². The Morgan fingerprint density at radius 2 is 2.00 bits per heavy atom. The molecule has 2 rings (SSSR count). The van der Waals surface area contributed by atoms with Gasteiger partial charge in [0.25, 0.3) is 5.91 Å². The minimum atomic E-state index is -1.08. The van der Waals surface area contributed by atoms with Crippen LogP contribution in [-0.2, 0) is 0 Å². The molecule has 0 spiro atoms. The number of carbonyl (C=O) groups excluding carboxylic acids is 1. The third kappa shape index (κ3) is 3.61. The van der Waals surface area contributed by atoms with Crippen LogP contribution in [0.1, 0.15) is 26.3 Å². The summed E-state index contributed by atoms with van der Waals surface area (Å²) in [6.45, 7) is 1.85. The Hall–Kier alpha value is -2.34. The highest BCUT2D eigenvalue weighted by molar-refractivity contribution is 7.98. The second-order valence-electron chi connectivity index (χ2n) is 4.40. The number of carboxylic acids is 1. The van der Waals surface area contributed by atoms with Crippen LogP contribution in [0.25, 0.3) is 0 Å². The van der Waals surface area contributed by atoms with Crippen LogP contribution in [0.5, 0.6) is 0 Å². The number of rotatable bonds is 4. The fraction of sp³-hybridized carbons (Fsp3) is 0.133. The van der Waals surface area contributed by atoms with Gasteiger partial charge >= 0.3 is 5.97 Å². The van der Waals surface area contributed by atoms with Gasteiger partial charge in [-0.2, -0.15) is 0 Å². The molecule has 0 fully saturated rings.